The average molecular weight is 253 g/mol. The van der Waals surface area contributed by atoms with Gasteiger partial charge < -0.3 is 4.90 Å². The van der Waals surface area contributed by atoms with E-state index in [1.165, 1.54) is 10.6 Å². The van der Waals surface area contributed by atoms with Gasteiger partial charge in [-0.1, -0.05) is 27.7 Å². The summed E-state index contributed by atoms with van der Waals surface area (Å²) in [5.41, 5.74) is 1.19. The van der Waals surface area contributed by atoms with E-state index in [-0.39, 0.29) is 11.9 Å². The molecule has 0 radical (unpaired) electrons. The molecule has 3 heteroatoms. The van der Waals surface area contributed by atoms with Crippen molar-refractivity contribution in [1.29, 1.82) is 0 Å². The molecule has 17 heavy (non-hydrogen) atoms. The minimum Gasteiger partial charge on any atom is -0.309 e. The predicted octanol–water partition coefficient (Wildman–Crippen LogP) is 4.01. The van der Waals surface area contributed by atoms with E-state index in [2.05, 4.69) is 41.5 Å². The van der Waals surface area contributed by atoms with Crippen molar-refractivity contribution in [2.24, 2.45) is 11.8 Å². The van der Waals surface area contributed by atoms with Crippen LogP contribution in [0.3, 0.4) is 0 Å². The van der Waals surface area contributed by atoms with Crippen LogP contribution in [0, 0.1) is 11.8 Å². The molecule has 0 N–H and O–H groups in total. The van der Waals surface area contributed by atoms with Crippen molar-refractivity contribution >= 4 is 17.7 Å². The number of allylic oxidation sites excluding steroid dienone is 2. The second-order valence-electron chi connectivity index (χ2n) is 5.28. The molecule has 0 aromatic rings. The van der Waals surface area contributed by atoms with E-state index in [1.807, 2.05) is 10.3 Å². The Bertz CT molecular complexity index is 353. The molecule has 1 heterocycles. The molecule has 0 saturated heterocycles. The Labute approximate surface area is 109 Å². The van der Waals surface area contributed by atoms with Gasteiger partial charge in [0.2, 0.25) is 0 Å². The second kappa shape index (κ2) is 5.76. The van der Waals surface area contributed by atoms with Crippen LogP contribution in [0.25, 0.3) is 0 Å². The molecular formula is C14H23NOS. The highest BCUT2D eigenvalue weighted by atomic mass is 32.2. The zero-order chi connectivity index (χ0) is 13.2. The molecule has 1 aliphatic heterocycles. The predicted molar refractivity (Wildman–Crippen MR) is 75.4 cm³/mol. The van der Waals surface area contributed by atoms with Gasteiger partial charge in [0, 0.05) is 22.7 Å². The van der Waals surface area contributed by atoms with E-state index in [0.717, 1.165) is 0 Å². The van der Waals surface area contributed by atoms with E-state index in [4.69, 9.17) is 0 Å². The first-order valence-corrected chi connectivity index (χ1v) is 7.14. The highest BCUT2D eigenvalue weighted by molar-refractivity contribution is 8.05. The molecule has 0 aromatic carbocycles. The van der Waals surface area contributed by atoms with Crippen LogP contribution in [0.15, 0.2) is 22.1 Å². The number of thioether (sulfide) groups is 1. The number of hydrogen-bond acceptors (Lipinski definition) is 2. The summed E-state index contributed by atoms with van der Waals surface area (Å²) in [6.45, 7) is 12.8. The lowest BCUT2D eigenvalue weighted by atomic mass is 10.0. The smallest absolute Gasteiger partial charge is 0.251 e. The van der Waals surface area contributed by atoms with Gasteiger partial charge in [-0.2, -0.15) is 0 Å². The minimum absolute atomic E-state index is 0.104. The van der Waals surface area contributed by atoms with Crippen molar-refractivity contribution in [2.75, 3.05) is 0 Å². The highest BCUT2D eigenvalue weighted by Crippen LogP contribution is 2.36. The largest absolute Gasteiger partial charge is 0.309 e. The molecule has 0 spiro atoms. The van der Waals surface area contributed by atoms with E-state index >= 15 is 0 Å². The number of rotatable bonds is 3. The van der Waals surface area contributed by atoms with Crippen LogP contribution in [0.1, 0.15) is 41.5 Å². The normalized spacial score (nSPS) is 17.7. The van der Waals surface area contributed by atoms with E-state index in [0.29, 0.717) is 11.8 Å². The first-order chi connectivity index (χ1) is 7.86. The summed E-state index contributed by atoms with van der Waals surface area (Å²) >= 11 is 1.69. The van der Waals surface area contributed by atoms with E-state index in [1.54, 1.807) is 17.8 Å². The van der Waals surface area contributed by atoms with Gasteiger partial charge in [0.05, 0.1) is 0 Å². The topological polar surface area (TPSA) is 20.3 Å². The van der Waals surface area contributed by atoms with Crippen molar-refractivity contribution in [3.05, 3.63) is 22.1 Å². The third kappa shape index (κ3) is 3.15. The molecule has 0 bridgehead atoms. The first-order valence-electron chi connectivity index (χ1n) is 6.26. The van der Waals surface area contributed by atoms with Crippen LogP contribution >= 0.6 is 11.8 Å². The van der Waals surface area contributed by atoms with Crippen molar-refractivity contribution in [1.82, 2.24) is 4.90 Å². The maximum Gasteiger partial charge on any atom is 0.251 e. The fraction of sp³-hybridized carbons (Fsp3) is 0.643. The molecule has 0 atom stereocenters. The van der Waals surface area contributed by atoms with E-state index < -0.39 is 0 Å². The number of hydrogen-bond donors (Lipinski definition) is 0. The van der Waals surface area contributed by atoms with Gasteiger partial charge in [0.25, 0.3) is 5.91 Å². The average Bonchev–Trinajstić information content (AvgIpc) is 2.36. The summed E-state index contributed by atoms with van der Waals surface area (Å²) in [4.78, 5) is 15.4. The molecular weight excluding hydrogens is 230 g/mol. The lowest BCUT2D eigenvalue weighted by Gasteiger charge is -2.32. The maximum atomic E-state index is 12.1. The summed E-state index contributed by atoms with van der Waals surface area (Å²) < 4.78 is 0. The SMILES string of the molecule is CC(C)C1=C(C(C)C)N(C(C)C)C(=O)C=CS1. The molecule has 1 aliphatic rings. The molecule has 0 unspecified atom stereocenters. The van der Waals surface area contributed by atoms with Gasteiger partial charge in [-0.05, 0) is 31.1 Å². The first kappa shape index (κ1) is 14.4. The number of amides is 1. The van der Waals surface area contributed by atoms with Crippen LogP contribution in [0.5, 0.6) is 0 Å². The van der Waals surface area contributed by atoms with Gasteiger partial charge >= 0.3 is 0 Å². The van der Waals surface area contributed by atoms with Crippen molar-refractivity contribution in [2.45, 2.75) is 47.6 Å². The fourth-order valence-corrected chi connectivity index (χ4v) is 3.13. The summed E-state index contributed by atoms with van der Waals surface area (Å²) in [5.74, 6) is 0.923. The van der Waals surface area contributed by atoms with Crippen LogP contribution in [-0.4, -0.2) is 16.8 Å². The Balaban J connectivity index is 3.33. The van der Waals surface area contributed by atoms with Gasteiger partial charge in [-0.3, -0.25) is 4.79 Å². The summed E-state index contributed by atoms with van der Waals surface area (Å²) in [6, 6.07) is 0.206. The Morgan fingerprint density at radius 3 is 2.06 bits per heavy atom. The van der Waals surface area contributed by atoms with Crippen LogP contribution in [0.2, 0.25) is 0 Å². The molecule has 0 fully saturated rings. The molecule has 0 aromatic heterocycles. The van der Waals surface area contributed by atoms with Gasteiger partial charge in [0.15, 0.2) is 0 Å². The summed E-state index contributed by atoms with van der Waals surface area (Å²) in [6.07, 6.45) is 1.68. The Kier molecular flexibility index (Phi) is 4.87. The lowest BCUT2D eigenvalue weighted by Crippen LogP contribution is -2.37. The molecule has 96 valence electrons. The molecule has 1 amide bonds. The lowest BCUT2D eigenvalue weighted by molar-refractivity contribution is -0.125. The number of carbonyl (C=O) groups excluding carboxylic acids is 1. The third-order valence-corrected chi connectivity index (χ3v) is 3.95. The van der Waals surface area contributed by atoms with Crippen LogP contribution in [0.4, 0.5) is 0 Å². The van der Waals surface area contributed by atoms with Crippen LogP contribution in [-0.2, 0) is 4.79 Å². The number of carbonyl (C=O) groups is 1. The quantitative estimate of drug-likeness (QED) is 0.757. The highest BCUT2D eigenvalue weighted by Gasteiger charge is 2.27. The Morgan fingerprint density at radius 1 is 1.06 bits per heavy atom. The van der Waals surface area contributed by atoms with Gasteiger partial charge in [-0.15, -0.1) is 11.8 Å². The minimum atomic E-state index is 0.104. The van der Waals surface area contributed by atoms with Gasteiger partial charge in [-0.25, -0.2) is 0 Å². The standard InChI is InChI=1S/C14H23NOS/c1-9(2)13-14(10(3)4)17-8-7-12(16)15(13)11(5)6/h7-11H,1-6H3. The van der Waals surface area contributed by atoms with Crippen molar-refractivity contribution < 1.29 is 4.79 Å². The summed E-state index contributed by atoms with van der Waals surface area (Å²) in [5, 5.41) is 1.92. The van der Waals surface area contributed by atoms with Crippen molar-refractivity contribution in [3.8, 4) is 0 Å². The zero-order valence-corrected chi connectivity index (χ0v) is 12.5. The van der Waals surface area contributed by atoms with Crippen LogP contribution < -0.4 is 0 Å². The molecule has 2 nitrogen and oxygen atoms in total. The maximum absolute atomic E-state index is 12.1. The molecule has 0 aliphatic carbocycles. The van der Waals surface area contributed by atoms with Gasteiger partial charge in [0.1, 0.15) is 0 Å². The third-order valence-electron chi connectivity index (χ3n) is 2.74. The fourth-order valence-electron chi connectivity index (χ4n) is 2.07. The molecule has 0 saturated carbocycles. The molecule has 1 rings (SSSR count). The monoisotopic (exact) mass is 253 g/mol. The summed E-state index contributed by atoms with van der Waals surface area (Å²) in [7, 11) is 0. The second-order valence-corrected chi connectivity index (χ2v) is 6.23. The Hall–Kier alpha value is -0.700. The Morgan fingerprint density at radius 2 is 1.65 bits per heavy atom. The zero-order valence-electron chi connectivity index (χ0n) is 11.7. The number of nitrogens with zero attached hydrogens (tertiary/aromatic N) is 1. The van der Waals surface area contributed by atoms with Crippen molar-refractivity contribution in [3.63, 3.8) is 0 Å². The van der Waals surface area contributed by atoms with E-state index in [9.17, 15) is 4.79 Å².